The minimum absolute atomic E-state index is 0.171. The molecule has 0 aliphatic heterocycles. The second-order valence-electron chi connectivity index (χ2n) is 8.77. The van der Waals surface area contributed by atoms with E-state index in [2.05, 4.69) is 40.5 Å². The first-order valence-corrected chi connectivity index (χ1v) is 12.0. The second-order valence-corrected chi connectivity index (χ2v) is 10.5. The Labute approximate surface area is 198 Å². The van der Waals surface area contributed by atoms with Gasteiger partial charge in [0.2, 0.25) is 16.0 Å². The van der Waals surface area contributed by atoms with Gasteiger partial charge in [0.1, 0.15) is 12.1 Å². The summed E-state index contributed by atoms with van der Waals surface area (Å²) < 4.78 is 28.0. The van der Waals surface area contributed by atoms with Crippen LogP contribution >= 0.6 is 0 Å². The summed E-state index contributed by atoms with van der Waals surface area (Å²) in [6, 6.07) is 14.2. The Bertz CT molecular complexity index is 1380. The standard InChI is InChI=1S/C23H26N8O2S/c1-15-13-24-22(28-17-10-8-16(9-11-17)21-25-14-26-30-21)29-20(15)27-18-6-5-7-19(12-18)34(32,33)31-23(2,3)4/h5-14,31H,1-4H3,(H,25,26,30)(H2,24,27,28,29). The van der Waals surface area contributed by atoms with Crippen molar-refractivity contribution in [1.82, 2.24) is 29.9 Å². The lowest BCUT2D eigenvalue weighted by Gasteiger charge is -2.20. The number of benzene rings is 2. The van der Waals surface area contributed by atoms with Gasteiger partial charge in [-0.3, -0.25) is 5.10 Å². The fourth-order valence-corrected chi connectivity index (χ4v) is 4.62. The van der Waals surface area contributed by atoms with Crippen molar-refractivity contribution in [3.05, 3.63) is 66.6 Å². The number of aryl methyl sites for hydroxylation is 1. The molecule has 0 saturated carbocycles. The van der Waals surface area contributed by atoms with Crippen LogP contribution in [0.3, 0.4) is 0 Å². The van der Waals surface area contributed by atoms with E-state index in [-0.39, 0.29) is 4.90 Å². The van der Waals surface area contributed by atoms with Crippen molar-refractivity contribution in [2.75, 3.05) is 10.6 Å². The van der Waals surface area contributed by atoms with Gasteiger partial charge in [-0.25, -0.2) is 23.1 Å². The van der Waals surface area contributed by atoms with Crippen molar-refractivity contribution in [2.45, 2.75) is 38.1 Å². The molecule has 0 aliphatic carbocycles. The Morgan fingerprint density at radius 1 is 0.941 bits per heavy atom. The van der Waals surface area contributed by atoms with Crippen LogP contribution < -0.4 is 15.4 Å². The molecule has 0 bridgehead atoms. The summed E-state index contributed by atoms with van der Waals surface area (Å²) in [5.74, 6) is 1.65. The summed E-state index contributed by atoms with van der Waals surface area (Å²) in [5, 5.41) is 13.1. The number of nitrogens with one attached hydrogen (secondary N) is 4. The summed E-state index contributed by atoms with van der Waals surface area (Å²) >= 11 is 0. The maximum Gasteiger partial charge on any atom is 0.241 e. The van der Waals surface area contributed by atoms with E-state index in [1.807, 2.05) is 31.2 Å². The molecular weight excluding hydrogens is 452 g/mol. The van der Waals surface area contributed by atoms with Crippen LogP contribution in [0.2, 0.25) is 0 Å². The number of hydrogen-bond acceptors (Lipinski definition) is 8. The van der Waals surface area contributed by atoms with Gasteiger partial charge in [-0.1, -0.05) is 6.07 Å². The number of H-pyrrole nitrogens is 1. The summed E-state index contributed by atoms with van der Waals surface area (Å²) in [5.41, 5.74) is 2.54. The monoisotopic (exact) mass is 478 g/mol. The molecule has 0 radical (unpaired) electrons. The smallest absolute Gasteiger partial charge is 0.241 e. The molecule has 2 heterocycles. The van der Waals surface area contributed by atoms with Crippen molar-refractivity contribution in [3.8, 4) is 11.4 Å². The predicted octanol–water partition coefficient (Wildman–Crippen LogP) is 4.13. The average molecular weight is 479 g/mol. The number of aromatic nitrogens is 5. The predicted molar refractivity (Wildman–Crippen MR) is 132 cm³/mol. The number of rotatable bonds is 7. The van der Waals surface area contributed by atoms with Gasteiger partial charge in [0.05, 0.1) is 4.90 Å². The largest absolute Gasteiger partial charge is 0.340 e. The van der Waals surface area contributed by atoms with Crippen LogP contribution in [0.1, 0.15) is 26.3 Å². The van der Waals surface area contributed by atoms with Gasteiger partial charge in [0.15, 0.2) is 5.82 Å². The molecule has 0 fully saturated rings. The molecule has 0 unspecified atom stereocenters. The molecule has 34 heavy (non-hydrogen) atoms. The van der Waals surface area contributed by atoms with Crippen molar-refractivity contribution in [1.29, 1.82) is 0 Å². The van der Waals surface area contributed by atoms with E-state index in [0.29, 0.717) is 23.3 Å². The van der Waals surface area contributed by atoms with E-state index < -0.39 is 15.6 Å². The Morgan fingerprint density at radius 2 is 1.71 bits per heavy atom. The highest BCUT2D eigenvalue weighted by Crippen LogP contribution is 2.24. The number of hydrogen-bond donors (Lipinski definition) is 4. The van der Waals surface area contributed by atoms with E-state index >= 15 is 0 Å². The van der Waals surface area contributed by atoms with Crippen LogP contribution in [-0.2, 0) is 10.0 Å². The molecule has 0 saturated heterocycles. The number of sulfonamides is 1. The van der Waals surface area contributed by atoms with Crippen molar-refractivity contribution >= 4 is 33.2 Å². The van der Waals surface area contributed by atoms with E-state index in [9.17, 15) is 8.42 Å². The van der Waals surface area contributed by atoms with E-state index in [1.165, 1.54) is 6.33 Å². The zero-order chi connectivity index (χ0) is 24.3. The maximum atomic E-state index is 12.7. The van der Waals surface area contributed by atoms with Gasteiger partial charge in [-0.2, -0.15) is 10.1 Å². The average Bonchev–Trinajstić information content (AvgIpc) is 3.30. The molecule has 4 N–H and O–H groups in total. The van der Waals surface area contributed by atoms with Gasteiger partial charge in [-0.15, -0.1) is 0 Å². The normalized spacial score (nSPS) is 11.9. The van der Waals surface area contributed by atoms with Crippen LogP contribution in [0, 0.1) is 6.92 Å². The topological polar surface area (TPSA) is 138 Å². The van der Waals surface area contributed by atoms with Gasteiger partial charge < -0.3 is 10.6 Å². The van der Waals surface area contributed by atoms with E-state index in [1.54, 1.807) is 51.2 Å². The summed E-state index contributed by atoms with van der Waals surface area (Å²) in [4.78, 5) is 13.2. The van der Waals surface area contributed by atoms with Gasteiger partial charge in [0.25, 0.3) is 0 Å². The lowest BCUT2D eigenvalue weighted by atomic mass is 10.1. The minimum atomic E-state index is -3.66. The van der Waals surface area contributed by atoms with Crippen LogP contribution in [0.25, 0.3) is 11.4 Å². The molecule has 0 amide bonds. The third kappa shape index (κ3) is 5.74. The molecule has 176 valence electrons. The molecular formula is C23H26N8O2S. The quantitative estimate of drug-likeness (QED) is 0.311. The summed E-state index contributed by atoms with van der Waals surface area (Å²) in [7, 11) is -3.66. The first-order valence-electron chi connectivity index (χ1n) is 10.6. The minimum Gasteiger partial charge on any atom is -0.340 e. The Balaban J connectivity index is 1.52. The van der Waals surface area contributed by atoms with E-state index in [4.69, 9.17) is 0 Å². The van der Waals surface area contributed by atoms with Gasteiger partial charge >= 0.3 is 0 Å². The zero-order valence-electron chi connectivity index (χ0n) is 19.3. The third-order valence-electron chi connectivity index (χ3n) is 4.65. The number of nitrogens with zero attached hydrogens (tertiary/aromatic N) is 4. The fraction of sp³-hybridized carbons (Fsp3) is 0.217. The highest BCUT2D eigenvalue weighted by atomic mass is 32.2. The second kappa shape index (κ2) is 9.20. The van der Waals surface area contributed by atoms with E-state index in [0.717, 1.165) is 16.8 Å². The molecule has 0 atom stereocenters. The van der Waals surface area contributed by atoms with Crippen LogP contribution in [0.5, 0.6) is 0 Å². The van der Waals surface area contributed by atoms with Gasteiger partial charge in [-0.05, 0) is 70.2 Å². The third-order valence-corrected chi connectivity index (χ3v) is 6.40. The molecule has 0 aliphatic rings. The Kier molecular flexibility index (Phi) is 6.31. The Hall–Kier alpha value is -3.83. The van der Waals surface area contributed by atoms with Crippen molar-refractivity contribution < 1.29 is 8.42 Å². The zero-order valence-corrected chi connectivity index (χ0v) is 20.1. The molecule has 2 aromatic heterocycles. The molecule has 10 nitrogen and oxygen atoms in total. The van der Waals surface area contributed by atoms with Crippen molar-refractivity contribution in [3.63, 3.8) is 0 Å². The fourth-order valence-electron chi connectivity index (χ4n) is 3.15. The first-order chi connectivity index (χ1) is 16.1. The number of aromatic amines is 1. The van der Waals surface area contributed by atoms with Crippen LogP contribution in [0.15, 0.2) is 66.0 Å². The highest BCUT2D eigenvalue weighted by molar-refractivity contribution is 7.89. The highest BCUT2D eigenvalue weighted by Gasteiger charge is 2.22. The molecule has 0 spiro atoms. The first kappa shape index (κ1) is 23.3. The molecule has 4 rings (SSSR count). The van der Waals surface area contributed by atoms with Crippen molar-refractivity contribution in [2.24, 2.45) is 0 Å². The summed E-state index contributed by atoms with van der Waals surface area (Å²) in [6.07, 6.45) is 3.16. The maximum absolute atomic E-state index is 12.7. The molecule has 11 heteroatoms. The van der Waals surface area contributed by atoms with Crippen LogP contribution in [0.4, 0.5) is 23.1 Å². The number of anilines is 4. The molecule has 2 aromatic carbocycles. The van der Waals surface area contributed by atoms with Gasteiger partial charge in [0, 0.05) is 34.2 Å². The lowest BCUT2D eigenvalue weighted by molar-refractivity contribution is 0.491. The Morgan fingerprint density at radius 3 is 2.38 bits per heavy atom. The summed E-state index contributed by atoms with van der Waals surface area (Å²) in [6.45, 7) is 7.27. The molecule has 4 aromatic rings. The SMILES string of the molecule is Cc1cnc(Nc2ccc(-c3ncn[nH]3)cc2)nc1Nc1cccc(S(=O)(=O)NC(C)(C)C)c1. The lowest BCUT2D eigenvalue weighted by Crippen LogP contribution is -2.40. The van der Waals surface area contributed by atoms with Crippen LogP contribution in [-0.4, -0.2) is 39.1 Å².